The summed E-state index contributed by atoms with van der Waals surface area (Å²) in [5.74, 6) is 0.0383. The molecule has 1 aliphatic heterocycles. The zero-order chi connectivity index (χ0) is 19.6. The van der Waals surface area contributed by atoms with Gasteiger partial charge in [0.25, 0.3) is 0 Å². The van der Waals surface area contributed by atoms with E-state index in [-0.39, 0.29) is 29.1 Å². The van der Waals surface area contributed by atoms with Crippen molar-refractivity contribution in [2.24, 2.45) is 5.41 Å². The van der Waals surface area contributed by atoms with Crippen molar-refractivity contribution in [3.63, 3.8) is 0 Å². The molecule has 1 aromatic heterocycles. The van der Waals surface area contributed by atoms with Crippen LogP contribution >= 0.6 is 0 Å². The second kappa shape index (κ2) is 7.19. The Morgan fingerprint density at radius 2 is 2.00 bits per heavy atom. The molecule has 0 saturated carbocycles. The lowest BCUT2D eigenvalue weighted by Gasteiger charge is -2.28. The predicted octanol–water partition coefficient (Wildman–Crippen LogP) is 3.56. The minimum Gasteiger partial charge on any atom is -0.288 e. The second-order valence-electron chi connectivity index (χ2n) is 7.65. The predicted molar refractivity (Wildman–Crippen MR) is 99.2 cm³/mol. The van der Waals surface area contributed by atoms with Crippen molar-refractivity contribution in [1.82, 2.24) is 15.0 Å². The minimum absolute atomic E-state index is 0.00211. The first kappa shape index (κ1) is 18.6. The summed E-state index contributed by atoms with van der Waals surface area (Å²) < 4.78 is 13.3. The molecule has 1 atom stereocenters. The van der Waals surface area contributed by atoms with E-state index in [1.165, 1.54) is 23.3 Å². The van der Waals surface area contributed by atoms with E-state index >= 15 is 0 Å². The van der Waals surface area contributed by atoms with E-state index in [4.69, 9.17) is 5.26 Å². The third-order valence-corrected chi connectivity index (χ3v) is 4.15. The molecule has 7 nitrogen and oxygen atoms in total. The van der Waals surface area contributed by atoms with Crippen LogP contribution in [0.3, 0.4) is 0 Å². The van der Waals surface area contributed by atoms with Crippen molar-refractivity contribution < 1.29 is 9.18 Å². The van der Waals surface area contributed by atoms with Crippen LogP contribution < -0.4 is 10.3 Å². The number of carbonyl (C=O) groups is 1. The van der Waals surface area contributed by atoms with Gasteiger partial charge in [0.15, 0.2) is 0 Å². The summed E-state index contributed by atoms with van der Waals surface area (Å²) in [6.07, 6.45) is 2.22. The van der Waals surface area contributed by atoms with Gasteiger partial charge in [-0.2, -0.15) is 5.26 Å². The average Bonchev–Trinajstić information content (AvgIpc) is 2.89. The summed E-state index contributed by atoms with van der Waals surface area (Å²) in [5.41, 5.74) is 3.60. The molecule has 1 saturated heterocycles. The molecule has 140 valence electrons. The number of amides is 2. The average molecular weight is 368 g/mol. The van der Waals surface area contributed by atoms with E-state index in [1.54, 1.807) is 23.1 Å². The molecule has 1 aromatic carbocycles. The maximum absolute atomic E-state index is 13.3. The molecule has 0 radical (unpaired) electrons. The molecule has 1 aliphatic rings. The molecular weight excluding hydrogens is 347 g/mol. The first-order valence-corrected chi connectivity index (χ1v) is 8.63. The standard InChI is InChI=1S/C19H21FN6O/c1-19(2,3)10-15-12-25(24-16-8-9-22-17(11-21)23-16)18(27)26(15)14-6-4-13(20)5-7-14/h4-9,15H,10,12H2,1-3H3,(H,22,23,24). The van der Waals surface area contributed by atoms with Crippen molar-refractivity contribution in [3.8, 4) is 6.07 Å². The quantitative estimate of drug-likeness (QED) is 0.892. The summed E-state index contributed by atoms with van der Waals surface area (Å²) in [6.45, 7) is 6.76. The number of hydrazine groups is 1. The van der Waals surface area contributed by atoms with Crippen molar-refractivity contribution in [3.05, 3.63) is 48.2 Å². The van der Waals surface area contributed by atoms with E-state index < -0.39 is 0 Å². The third kappa shape index (κ3) is 4.31. The molecule has 1 fully saturated rings. The number of anilines is 2. The highest BCUT2D eigenvalue weighted by Gasteiger charge is 2.40. The van der Waals surface area contributed by atoms with Crippen molar-refractivity contribution in [2.75, 3.05) is 16.9 Å². The Kier molecular flexibility index (Phi) is 4.95. The van der Waals surface area contributed by atoms with Gasteiger partial charge in [-0.25, -0.2) is 24.2 Å². The summed E-state index contributed by atoms with van der Waals surface area (Å²) in [6, 6.07) is 9.01. The lowest BCUT2D eigenvalue weighted by Crippen LogP contribution is -2.38. The number of nitriles is 1. The number of nitrogens with zero attached hydrogens (tertiary/aromatic N) is 5. The number of aromatic nitrogens is 2. The molecule has 1 unspecified atom stereocenters. The lowest BCUT2D eigenvalue weighted by molar-refractivity contribution is 0.228. The molecule has 1 N–H and O–H groups in total. The largest absolute Gasteiger partial charge is 0.343 e. The molecule has 3 rings (SSSR count). The maximum atomic E-state index is 13.3. The number of urea groups is 1. The molecule has 2 aromatic rings. The van der Waals surface area contributed by atoms with Gasteiger partial charge in [0, 0.05) is 18.0 Å². The minimum atomic E-state index is -0.349. The number of halogens is 1. The van der Waals surface area contributed by atoms with E-state index in [2.05, 4.69) is 36.2 Å². The highest BCUT2D eigenvalue weighted by molar-refractivity contribution is 5.95. The Hall–Kier alpha value is -3.21. The van der Waals surface area contributed by atoms with Gasteiger partial charge in [-0.3, -0.25) is 10.3 Å². The van der Waals surface area contributed by atoms with Crippen LogP contribution in [0.4, 0.5) is 20.7 Å². The molecular formula is C19H21FN6O. The first-order valence-electron chi connectivity index (χ1n) is 8.63. The Labute approximate surface area is 157 Å². The van der Waals surface area contributed by atoms with Gasteiger partial charge in [-0.15, -0.1) is 0 Å². The fourth-order valence-corrected chi connectivity index (χ4v) is 3.15. The number of hydrogen-bond acceptors (Lipinski definition) is 5. The molecule has 0 aliphatic carbocycles. The Morgan fingerprint density at radius 1 is 1.30 bits per heavy atom. The third-order valence-electron chi connectivity index (χ3n) is 4.15. The van der Waals surface area contributed by atoms with Gasteiger partial charge >= 0.3 is 6.03 Å². The lowest BCUT2D eigenvalue weighted by atomic mass is 9.88. The van der Waals surface area contributed by atoms with Gasteiger partial charge < -0.3 is 0 Å². The Bertz CT molecular complexity index is 871. The van der Waals surface area contributed by atoms with E-state index in [0.29, 0.717) is 18.1 Å². The number of nitrogens with one attached hydrogen (secondary N) is 1. The maximum Gasteiger partial charge on any atom is 0.343 e. The van der Waals surface area contributed by atoms with Crippen LogP contribution in [-0.2, 0) is 0 Å². The summed E-state index contributed by atoms with van der Waals surface area (Å²) in [4.78, 5) is 22.6. The van der Waals surface area contributed by atoms with Crippen LogP contribution in [0.15, 0.2) is 36.5 Å². The Morgan fingerprint density at radius 3 is 2.63 bits per heavy atom. The van der Waals surface area contributed by atoms with E-state index in [0.717, 1.165) is 6.42 Å². The van der Waals surface area contributed by atoms with Crippen LogP contribution in [-0.4, -0.2) is 33.6 Å². The number of hydrogen-bond donors (Lipinski definition) is 1. The van der Waals surface area contributed by atoms with Gasteiger partial charge in [0.1, 0.15) is 17.7 Å². The van der Waals surface area contributed by atoms with Crippen molar-refractivity contribution >= 4 is 17.5 Å². The molecule has 8 heteroatoms. The number of rotatable bonds is 4. The van der Waals surface area contributed by atoms with Crippen LogP contribution in [0.2, 0.25) is 0 Å². The normalized spacial score (nSPS) is 17.1. The molecule has 2 heterocycles. The molecule has 27 heavy (non-hydrogen) atoms. The van der Waals surface area contributed by atoms with Crippen molar-refractivity contribution in [2.45, 2.75) is 33.2 Å². The number of benzene rings is 1. The molecule has 0 bridgehead atoms. The van der Waals surface area contributed by atoms with Gasteiger partial charge in [-0.1, -0.05) is 20.8 Å². The van der Waals surface area contributed by atoms with Gasteiger partial charge in [0.2, 0.25) is 5.82 Å². The summed E-state index contributed by atoms with van der Waals surface area (Å²) >= 11 is 0. The second-order valence-corrected chi connectivity index (χ2v) is 7.65. The van der Waals surface area contributed by atoms with Crippen LogP contribution in [0.25, 0.3) is 0 Å². The van der Waals surface area contributed by atoms with Crippen LogP contribution in [0, 0.1) is 22.6 Å². The zero-order valence-corrected chi connectivity index (χ0v) is 15.5. The van der Waals surface area contributed by atoms with Crippen LogP contribution in [0.5, 0.6) is 0 Å². The topological polar surface area (TPSA) is 85.1 Å². The zero-order valence-electron chi connectivity index (χ0n) is 15.5. The fraction of sp³-hybridized carbons (Fsp3) is 0.368. The fourth-order valence-electron chi connectivity index (χ4n) is 3.15. The van der Waals surface area contributed by atoms with E-state index in [1.807, 2.05) is 6.07 Å². The molecule has 2 amide bonds. The van der Waals surface area contributed by atoms with Gasteiger partial charge in [-0.05, 0) is 36.1 Å². The molecule has 0 spiro atoms. The highest BCUT2D eigenvalue weighted by atomic mass is 19.1. The Balaban J connectivity index is 1.87. The van der Waals surface area contributed by atoms with Crippen LogP contribution in [0.1, 0.15) is 33.0 Å². The highest BCUT2D eigenvalue weighted by Crippen LogP contribution is 2.32. The first-order chi connectivity index (χ1) is 12.8. The number of carbonyl (C=O) groups excluding carboxylic acids is 1. The summed E-state index contributed by atoms with van der Waals surface area (Å²) in [5, 5.41) is 10.4. The van der Waals surface area contributed by atoms with Crippen molar-refractivity contribution in [1.29, 1.82) is 5.26 Å². The summed E-state index contributed by atoms with van der Waals surface area (Å²) in [7, 11) is 0. The SMILES string of the molecule is CC(C)(C)CC1CN(Nc2ccnc(C#N)n2)C(=O)N1c1ccc(F)cc1. The van der Waals surface area contributed by atoms with E-state index in [9.17, 15) is 9.18 Å². The van der Waals surface area contributed by atoms with Gasteiger partial charge in [0.05, 0.1) is 12.6 Å². The monoisotopic (exact) mass is 368 g/mol. The smallest absolute Gasteiger partial charge is 0.288 e.